The van der Waals surface area contributed by atoms with Crippen molar-refractivity contribution < 1.29 is 27.5 Å². The fourth-order valence-corrected chi connectivity index (χ4v) is 6.70. The van der Waals surface area contributed by atoms with E-state index in [4.69, 9.17) is 21.1 Å². The van der Waals surface area contributed by atoms with Gasteiger partial charge in [-0.25, -0.2) is 13.1 Å². The van der Waals surface area contributed by atoms with Crippen LogP contribution in [0, 0.1) is 0 Å². The van der Waals surface area contributed by atoms with Gasteiger partial charge in [-0.05, 0) is 77.9 Å². The molecule has 6 rings (SSSR count). The first-order valence-corrected chi connectivity index (χ1v) is 17.0. The van der Waals surface area contributed by atoms with Crippen molar-refractivity contribution in [3.05, 3.63) is 124 Å². The number of benzene rings is 4. The van der Waals surface area contributed by atoms with Crippen LogP contribution < -0.4 is 19.5 Å². The molecule has 2 N–H and O–H groups in total. The fourth-order valence-electron chi connectivity index (χ4n) is 5.27. The van der Waals surface area contributed by atoms with E-state index in [1.807, 2.05) is 54.6 Å². The zero-order valence-corrected chi connectivity index (χ0v) is 26.6. The molecule has 0 unspecified atom stereocenters. The van der Waals surface area contributed by atoms with E-state index in [1.54, 1.807) is 47.4 Å². The van der Waals surface area contributed by atoms with Crippen molar-refractivity contribution in [2.24, 2.45) is 0 Å². The average molecular weight is 660 g/mol. The molecular formula is C35H34ClN3O6S. The molecule has 0 bridgehead atoms. The van der Waals surface area contributed by atoms with Crippen molar-refractivity contribution in [3.8, 4) is 11.5 Å². The number of carbonyl (C=O) groups excluding carboxylic acids is 2. The quantitative estimate of drug-likeness (QED) is 0.195. The van der Waals surface area contributed by atoms with E-state index in [9.17, 15) is 18.0 Å². The maximum absolute atomic E-state index is 14.0. The molecule has 1 aliphatic carbocycles. The number of nitrogens with one attached hydrogen (secondary N) is 2. The minimum Gasteiger partial charge on any atom is -0.454 e. The second-order valence-corrected chi connectivity index (χ2v) is 13.6. The summed E-state index contributed by atoms with van der Waals surface area (Å²) in [5.41, 5.74) is 3.14. The van der Waals surface area contributed by atoms with E-state index in [0.717, 1.165) is 29.5 Å². The number of rotatable bonds is 13. The number of halogens is 1. The molecule has 1 heterocycles. The molecule has 2 amide bonds. The molecule has 4 aromatic carbocycles. The van der Waals surface area contributed by atoms with Crippen LogP contribution in [0.5, 0.6) is 11.5 Å². The molecule has 1 fully saturated rings. The Morgan fingerprint density at radius 2 is 1.52 bits per heavy atom. The van der Waals surface area contributed by atoms with Crippen LogP contribution >= 0.6 is 11.6 Å². The lowest BCUT2D eigenvalue weighted by molar-refractivity contribution is -0.141. The standard InChI is InChI=1S/C35H34ClN3O6S/c36-28-12-6-25(7-13-28)22-39(33(40)19-11-24-8-16-30(17-9-24)46(42,43)38-29-14-15-29)34(27-4-2-1-3-5-27)35(41)37-21-26-10-18-31-32(20-26)45-23-44-31/h1-10,12-13,16-18,20,29,34,38H,11,14-15,19,21-23H2,(H,37,41)/t34-/m1/s1. The maximum atomic E-state index is 14.0. The summed E-state index contributed by atoms with van der Waals surface area (Å²) >= 11 is 6.14. The van der Waals surface area contributed by atoms with Gasteiger partial charge in [-0.15, -0.1) is 0 Å². The number of ether oxygens (including phenoxy) is 2. The highest BCUT2D eigenvalue weighted by molar-refractivity contribution is 7.89. The number of amides is 2. The van der Waals surface area contributed by atoms with Crippen LogP contribution in [0.25, 0.3) is 0 Å². The first kappa shape index (κ1) is 31.6. The van der Waals surface area contributed by atoms with Gasteiger partial charge in [0.2, 0.25) is 28.6 Å². The number of nitrogens with zero attached hydrogens (tertiary/aromatic N) is 1. The van der Waals surface area contributed by atoms with E-state index in [0.29, 0.717) is 28.5 Å². The minimum absolute atomic E-state index is 0.0145. The molecule has 4 aromatic rings. The summed E-state index contributed by atoms with van der Waals surface area (Å²) in [4.78, 5) is 29.8. The van der Waals surface area contributed by atoms with Gasteiger partial charge in [0.15, 0.2) is 11.5 Å². The SMILES string of the molecule is O=C(NCc1ccc2c(c1)OCO2)[C@@H](c1ccccc1)N(Cc1ccc(Cl)cc1)C(=O)CCc1ccc(S(=O)(=O)NC2CC2)cc1. The van der Waals surface area contributed by atoms with Crippen molar-refractivity contribution in [3.63, 3.8) is 0 Å². The summed E-state index contributed by atoms with van der Waals surface area (Å²) in [6.07, 6.45) is 2.18. The van der Waals surface area contributed by atoms with Gasteiger partial charge in [0.05, 0.1) is 4.90 Å². The van der Waals surface area contributed by atoms with Crippen molar-refractivity contribution in [2.75, 3.05) is 6.79 Å². The minimum atomic E-state index is -3.57. The van der Waals surface area contributed by atoms with Crippen LogP contribution in [0.1, 0.15) is 47.6 Å². The summed E-state index contributed by atoms with van der Waals surface area (Å²) in [6.45, 7) is 0.563. The zero-order chi connectivity index (χ0) is 32.1. The summed E-state index contributed by atoms with van der Waals surface area (Å²) in [5, 5.41) is 3.59. The van der Waals surface area contributed by atoms with Gasteiger partial charge in [-0.1, -0.05) is 72.3 Å². The number of aryl methyl sites for hydroxylation is 1. The maximum Gasteiger partial charge on any atom is 0.247 e. The fraction of sp³-hybridized carbons (Fsp3) is 0.257. The molecule has 0 spiro atoms. The van der Waals surface area contributed by atoms with E-state index >= 15 is 0 Å². The number of fused-ring (bicyclic) bond motifs is 1. The van der Waals surface area contributed by atoms with E-state index in [2.05, 4.69) is 10.0 Å². The predicted octanol–water partition coefficient (Wildman–Crippen LogP) is 5.53. The van der Waals surface area contributed by atoms with Gasteiger partial charge < -0.3 is 19.7 Å². The normalized spacial score (nSPS) is 14.5. The van der Waals surface area contributed by atoms with Crippen molar-refractivity contribution in [1.82, 2.24) is 14.9 Å². The molecule has 1 saturated carbocycles. The Bertz CT molecular complexity index is 1800. The van der Waals surface area contributed by atoms with E-state index in [-0.39, 0.29) is 49.1 Å². The molecule has 11 heteroatoms. The zero-order valence-electron chi connectivity index (χ0n) is 25.0. The predicted molar refractivity (Wildman–Crippen MR) is 174 cm³/mol. The smallest absolute Gasteiger partial charge is 0.247 e. The van der Waals surface area contributed by atoms with Gasteiger partial charge in [-0.3, -0.25) is 9.59 Å². The lowest BCUT2D eigenvalue weighted by Gasteiger charge is -2.32. The molecule has 0 aromatic heterocycles. The third-order valence-electron chi connectivity index (χ3n) is 7.93. The van der Waals surface area contributed by atoms with Gasteiger partial charge in [0, 0.05) is 30.6 Å². The summed E-state index contributed by atoms with van der Waals surface area (Å²) in [6, 6.07) is 27.6. The lowest BCUT2D eigenvalue weighted by Crippen LogP contribution is -2.43. The van der Waals surface area contributed by atoms with Crippen molar-refractivity contribution in [2.45, 2.75) is 55.8 Å². The number of hydrogen-bond donors (Lipinski definition) is 2. The molecule has 2 aliphatic rings. The average Bonchev–Trinajstić information content (AvgIpc) is 3.74. The van der Waals surface area contributed by atoms with Crippen molar-refractivity contribution in [1.29, 1.82) is 0 Å². The largest absolute Gasteiger partial charge is 0.454 e. The Kier molecular flexibility index (Phi) is 9.58. The summed E-state index contributed by atoms with van der Waals surface area (Å²) in [5.74, 6) is 0.719. The van der Waals surface area contributed by atoms with Crippen molar-refractivity contribution >= 4 is 33.4 Å². The van der Waals surface area contributed by atoms with Crippen LogP contribution in [0.4, 0.5) is 0 Å². The summed E-state index contributed by atoms with van der Waals surface area (Å²) < 4.78 is 38.7. The van der Waals surface area contributed by atoms with E-state index < -0.39 is 16.1 Å². The Labute approximate surface area is 273 Å². The molecular weight excluding hydrogens is 626 g/mol. The van der Waals surface area contributed by atoms with E-state index in [1.165, 1.54) is 0 Å². The van der Waals surface area contributed by atoms with Gasteiger partial charge in [0.25, 0.3) is 0 Å². The van der Waals surface area contributed by atoms with Crippen LogP contribution in [-0.4, -0.2) is 38.0 Å². The molecule has 238 valence electrons. The van der Waals surface area contributed by atoms with Gasteiger partial charge >= 0.3 is 0 Å². The highest BCUT2D eigenvalue weighted by Crippen LogP contribution is 2.33. The summed E-state index contributed by atoms with van der Waals surface area (Å²) in [7, 11) is -3.57. The molecule has 0 radical (unpaired) electrons. The Morgan fingerprint density at radius 1 is 0.848 bits per heavy atom. The first-order valence-electron chi connectivity index (χ1n) is 15.1. The Balaban J connectivity index is 1.22. The van der Waals surface area contributed by atoms with Crippen LogP contribution in [-0.2, 0) is 39.1 Å². The molecule has 0 saturated heterocycles. The van der Waals surface area contributed by atoms with Gasteiger partial charge in [-0.2, -0.15) is 0 Å². The molecule has 1 atom stereocenters. The van der Waals surface area contributed by atoms with Crippen LogP contribution in [0.15, 0.2) is 102 Å². The molecule has 9 nitrogen and oxygen atoms in total. The topological polar surface area (TPSA) is 114 Å². The number of hydrogen-bond acceptors (Lipinski definition) is 6. The van der Waals surface area contributed by atoms with Crippen LogP contribution in [0.3, 0.4) is 0 Å². The number of sulfonamides is 1. The number of carbonyl (C=O) groups is 2. The third-order valence-corrected chi connectivity index (χ3v) is 9.71. The highest BCUT2D eigenvalue weighted by atomic mass is 35.5. The molecule has 46 heavy (non-hydrogen) atoms. The van der Waals surface area contributed by atoms with Gasteiger partial charge in [0.1, 0.15) is 6.04 Å². The Hall–Kier alpha value is -4.38. The third kappa shape index (κ3) is 7.88. The molecule has 1 aliphatic heterocycles. The highest BCUT2D eigenvalue weighted by Gasteiger charge is 2.32. The monoisotopic (exact) mass is 659 g/mol. The Morgan fingerprint density at radius 3 is 2.24 bits per heavy atom. The second kappa shape index (κ2) is 13.9. The van der Waals surface area contributed by atoms with Crippen LogP contribution in [0.2, 0.25) is 5.02 Å². The second-order valence-electron chi connectivity index (χ2n) is 11.4. The lowest BCUT2D eigenvalue weighted by atomic mass is 10.0. The first-order chi connectivity index (χ1) is 22.2.